The third kappa shape index (κ3) is 12.4. The summed E-state index contributed by atoms with van der Waals surface area (Å²) >= 11 is 0. The average molecular weight is 616 g/mol. The van der Waals surface area contributed by atoms with E-state index in [-0.39, 0.29) is 30.8 Å². The van der Waals surface area contributed by atoms with E-state index < -0.39 is 35.7 Å². The van der Waals surface area contributed by atoms with Crippen molar-refractivity contribution >= 4 is 17.8 Å². The summed E-state index contributed by atoms with van der Waals surface area (Å²) in [6, 6.07) is 7.01. The minimum absolute atomic E-state index is 0.0733. The van der Waals surface area contributed by atoms with Crippen LogP contribution in [-0.2, 0) is 16.0 Å². The number of rotatable bonds is 15. The zero-order valence-corrected chi connectivity index (χ0v) is 27.1. The Labute approximate surface area is 263 Å². The van der Waals surface area contributed by atoms with Gasteiger partial charge < -0.3 is 36.8 Å². The van der Waals surface area contributed by atoms with Crippen molar-refractivity contribution in [2.45, 2.75) is 140 Å². The summed E-state index contributed by atoms with van der Waals surface area (Å²) in [7, 11) is 0. The Morgan fingerprint density at radius 3 is 2.20 bits per heavy atom. The summed E-state index contributed by atoms with van der Waals surface area (Å²) in [6.07, 6.45) is 9.13. The number of nitrogens with zero attached hydrogens (tertiary/aromatic N) is 1. The molecule has 4 atom stereocenters. The molecule has 2 aliphatic rings. The first-order valence-corrected chi connectivity index (χ1v) is 16.8. The lowest BCUT2D eigenvalue weighted by Crippen LogP contribution is -2.58. The van der Waals surface area contributed by atoms with E-state index in [0.29, 0.717) is 44.7 Å². The van der Waals surface area contributed by atoms with Crippen LogP contribution in [0.3, 0.4) is 0 Å². The zero-order chi connectivity index (χ0) is 32.1. The van der Waals surface area contributed by atoms with Gasteiger partial charge in [0.15, 0.2) is 0 Å². The maximum atomic E-state index is 13.8. The number of aliphatic hydroxyl groups excluding tert-OH is 1. The first-order valence-electron chi connectivity index (χ1n) is 16.8. The predicted octanol–water partition coefficient (Wildman–Crippen LogP) is 3.38. The van der Waals surface area contributed by atoms with Crippen molar-refractivity contribution in [1.82, 2.24) is 20.9 Å². The van der Waals surface area contributed by atoms with Gasteiger partial charge in [-0.1, -0.05) is 82.2 Å². The van der Waals surface area contributed by atoms with Gasteiger partial charge in [-0.25, -0.2) is 4.79 Å². The van der Waals surface area contributed by atoms with E-state index in [1.807, 2.05) is 37.3 Å². The monoisotopic (exact) mass is 615 g/mol. The van der Waals surface area contributed by atoms with E-state index in [1.165, 1.54) is 6.42 Å². The molecule has 10 heteroatoms. The molecular formula is C34H57N5O5. The van der Waals surface area contributed by atoms with Crippen molar-refractivity contribution < 1.29 is 24.6 Å². The van der Waals surface area contributed by atoms with Crippen LogP contribution in [0.5, 0.6) is 0 Å². The van der Waals surface area contributed by atoms with Crippen molar-refractivity contribution in [2.75, 3.05) is 13.1 Å². The Balaban J connectivity index is 1.75. The fraction of sp³-hybridized carbons (Fsp3) is 0.735. The zero-order valence-electron chi connectivity index (χ0n) is 27.1. The minimum Gasteiger partial charge on any atom is -0.391 e. The predicted molar refractivity (Wildman–Crippen MR) is 173 cm³/mol. The largest absolute Gasteiger partial charge is 0.391 e. The quantitative estimate of drug-likeness (QED) is 0.178. The van der Waals surface area contributed by atoms with Gasteiger partial charge >= 0.3 is 6.03 Å². The fourth-order valence-electron chi connectivity index (χ4n) is 6.38. The Bertz CT molecular complexity index is 1020. The number of nitrogens with two attached hydrogens (primary N) is 1. The molecule has 1 aliphatic carbocycles. The molecule has 10 nitrogen and oxygen atoms in total. The van der Waals surface area contributed by atoms with Gasteiger partial charge in [-0.15, -0.1) is 0 Å². The maximum Gasteiger partial charge on any atom is 0.318 e. The van der Waals surface area contributed by atoms with Crippen molar-refractivity contribution in [2.24, 2.45) is 11.7 Å². The van der Waals surface area contributed by atoms with Crippen LogP contribution in [0.2, 0.25) is 0 Å². The molecule has 0 aromatic heterocycles. The minimum atomic E-state index is -1.09. The number of hydrogen-bond acceptors (Lipinski definition) is 6. The highest BCUT2D eigenvalue weighted by atomic mass is 16.3. The van der Waals surface area contributed by atoms with Crippen LogP contribution in [0.25, 0.3) is 0 Å². The Morgan fingerprint density at radius 2 is 1.59 bits per heavy atom. The van der Waals surface area contributed by atoms with Crippen LogP contribution in [0.15, 0.2) is 30.3 Å². The first-order chi connectivity index (χ1) is 20.9. The Morgan fingerprint density at radius 1 is 0.955 bits per heavy atom. The van der Waals surface area contributed by atoms with Crippen LogP contribution >= 0.6 is 0 Å². The molecular weight excluding hydrogens is 558 g/mol. The van der Waals surface area contributed by atoms with E-state index in [1.54, 1.807) is 18.7 Å². The van der Waals surface area contributed by atoms with Gasteiger partial charge in [-0.2, -0.15) is 0 Å². The number of urea groups is 1. The molecule has 2 fully saturated rings. The molecule has 0 spiro atoms. The van der Waals surface area contributed by atoms with Crippen LogP contribution < -0.4 is 21.7 Å². The first kappa shape index (κ1) is 35.8. The summed E-state index contributed by atoms with van der Waals surface area (Å²) in [5.41, 5.74) is 5.82. The number of carbonyl (C=O) groups excluding carboxylic acids is 3. The van der Waals surface area contributed by atoms with Crippen LogP contribution in [0.4, 0.5) is 4.79 Å². The number of carbonyl (C=O) groups is 3. The summed E-state index contributed by atoms with van der Waals surface area (Å²) in [6.45, 7) is 6.39. The molecule has 0 unspecified atom stereocenters. The number of aliphatic hydroxyl groups is 2. The van der Waals surface area contributed by atoms with Crippen LogP contribution in [0, 0.1) is 5.92 Å². The van der Waals surface area contributed by atoms with Gasteiger partial charge in [0.25, 0.3) is 0 Å². The van der Waals surface area contributed by atoms with E-state index in [4.69, 9.17) is 5.73 Å². The van der Waals surface area contributed by atoms with Gasteiger partial charge in [0.2, 0.25) is 11.8 Å². The topological polar surface area (TPSA) is 157 Å². The standard InChI is InChI=1S/C34H57N5O5/c1-4-5-16-27(31(41)37-28(30(40)23-34(2,3)44)21-24-12-8-6-9-13-24)36-32(42)29(22-25-14-10-7-11-15-25)38-33(43)39-19-17-26(35)18-20-39/h7,10-11,14-15,24,26-30,40,44H,4-6,8-9,12-13,16-23,35H2,1-3H3,(H,36,42)(H,37,41)(H,38,43)/t27-,28-,29-,30-/m0/s1. The summed E-state index contributed by atoms with van der Waals surface area (Å²) in [5.74, 6) is -0.380. The number of hydrogen-bond donors (Lipinski definition) is 6. The van der Waals surface area contributed by atoms with Gasteiger partial charge in [0, 0.05) is 32.0 Å². The number of amides is 4. The lowest BCUT2D eigenvalue weighted by molar-refractivity contribution is -0.131. The molecule has 1 aliphatic heterocycles. The SMILES string of the molecule is CCCC[C@H](NC(=O)[C@H](Cc1ccccc1)NC(=O)N1CCC(N)CC1)C(=O)N[C@@H](CC1CCCCC1)[C@@H](O)CC(C)(C)O. The second kappa shape index (κ2) is 17.7. The molecule has 0 bridgehead atoms. The maximum absolute atomic E-state index is 13.8. The lowest BCUT2D eigenvalue weighted by atomic mass is 9.82. The second-order valence-corrected chi connectivity index (χ2v) is 13.7. The van der Waals surface area contributed by atoms with Crippen molar-refractivity contribution in [3.8, 4) is 0 Å². The highest BCUT2D eigenvalue weighted by Gasteiger charge is 2.33. The number of likely N-dealkylation sites (tertiary alicyclic amines) is 1. The molecule has 44 heavy (non-hydrogen) atoms. The average Bonchev–Trinajstić information content (AvgIpc) is 2.99. The fourth-order valence-corrected chi connectivity index (χ4v) is 6.38. The van der Waals surface area contributed by atoms with Gasteiger partial charge in [0.1, 0.15) is 12.1 Å². The van der Waals surface area contributed by atoms with Crippen molar-refractivity contribution in [1.29, 1.82) is 0 Å². The van der Waals surface area contributed by atoms with E-state index in [0.717, 1.165) is 44.1 Å². The molecule has 1 saturated heterocycles. The Hall–Kier alpha value is -2.69. The third-order valence-corrected chi connectivity index (χ3v) is 9.02. The Kier molecular flexibility index (Phi) is 14.4. The normalized spacial score (nSPS) is 19.5. The van der Waals surface area contributed by atoms with Crippen LogP contribution in [0.1, 0.15) is 103 Å². The van der Waals surface area contributed by atoms with Crippen molar-refractivity contribution in [3.05, 3.63) is 35.9 Å². The molecule has 7 N–H and O–H groups in total. The molecule has 4 amide bonds. The van der Waals surface area contributed by atoms with E-state index in [9.17, 15) is 24.6 Å². The molecule has 3 rings (SSSR count). The third-order valence-electron chi connectivity index (χ3n) is 9.02. The molecule has 1 aromatic carbocycles. The lowest BCUT2D eigenvalue weighted by Gasteiger charge is -2.34. The molecule has 248 valence electrons. The molecule has 1 heterocycles. The van der Waals surface area contributed by atoms with Gasteiger partial charge in [-0.05, 0) is 51.0 Å². The van der Waals surface area contributed by atoms with E-state index >= 15 is 0 Å². The van der Waals surface area contributed by atoms with Crippen LogP contribution in [-0.4, -0.2) is 81.9 Å². The number of nitrogens with one attached hydrogen (secondary N) is 3. The molecule has 1 aromatic rings. The second-order valence-electron chi connectivity index (χ2n) is 13.7. The summed E-state index contributed by atoms with van der Waals surface area (Å²) < 4.78 is 0. The molecule has 1 saturated carbocycles. The summed E-state index contributed by atoms with van der Waals surface area (Å²) in [5, 5.41) is 30.5. The van der Waals surface area contributed by atoms with Gasteiger partial charge in [0.05, 0.1) is 17.7 Å². The number of piperidine rings is 1. The van der Waals surface area contributed by atoms with E-state index in [2.05, 4.69) is 16.0 Å². The molecule has 0 radical (unpaired) electrons. The smallest absolute Gasteiger partial charge is 0.318 e. The summed E-state index contributed by atoms with van der Waals surface area (Å²) in [4.78, 5) is 42.5. The van der Waals surface area contributed by atoms with Crippen molar-refractivity contribution in [3.63, 3.8) is 0 Å². The highest BCUT2D eigenvalue weighted by Crippen LogP contribution is 2.29. The van der Waals surface area contributed by atoms with Gasteiger partial charge in [-0.3, -0.25) is 9.59 Å². The highest BCUT2D eigenvalue weighted by molar-refractivity contribution is 5.92. The number of unbranched alkanes of at least 4 members (excludes halogenated alkanes) is 1. The number of benzene rings is 1.